The second-order valence-corrected chi connectivity index (χ2v) is 7.52. The minimum atomic E-state index is 0.383. The number of methoxy groups -OCH3 is 2. The largest absolute Gasteiger partial charge is 0.495 e. The Morgan fingerprint density at radius 1 is 1.10 bits per heavy atom. The van der Waals surface area contributed by atoms with Crippen molar-refractivity contribution in [3.8, 4) is 22.6 Å². The fourth-order valence-corrected chi connectivity index (χ4v) is 4.57. The lowest BCUT2D eigenvalue weighted by Crippen LogP contribution is -2.42. The van der Waals surface area contributed by atoms with E-state index in [0.717, 1.165) is 34.7 Å². The van der Waals surface area contributed by atoms with Crippen molar-refractivity contribution in [2.24, 2.45) is 4.99 Å². The van der Waals surface area contributed by atoms with Crippen LogP contribution in [0.1, 0.15) is 0 Å². The lowest BCUT2D eigenvalue weighted by Gasteiger charge is -2.20. The van der Waals surface area contributed by atoms with Gasteiger partial charge in [0, 0.05) is 11.6 Å². The number of hydrogen-bond donors (Lipinski definition) is 1. The molecule has 0 spiro atoms. The number of benzene rings is 2. The molecule has 3 aromatic rings. The van der Waals surface area contributed by atoms with Gasteiger partial charge in [0.25, 0.3) is 5.82 Å². The van der Waals surface area contributed by atoms with Crippen LogP contribution in [0.3, 0.4) is 0 Å². The van der Waals surface area contributed by atoms with E-state index in [4.69, 9.17) is 37.4 Å². The van der Waals surface area contributed by atoms with E-state index in [1.807, 2.05) is 24.5 Å². The van der Waals surface area contributed by atoms with Crippen molar-refractivity contribution < 1.29 is 14.2 Å². The first-order valence-electron chi connectivity index (χ1n) is 8.93. The van der Waals surface area contributed by atoms with E-state index in [2.05, 4.69) is 15.2 Å². The van der Waals surface area contributed by atoms with Crippen LogP contribution in [-0.2, 0) is 4.74 Å². The Kier molecular flexibility index (Phi) is 4.20. The van der Waals surface area contributed by atoms with E-state index in [0.29, 0.717) is 38.2 Å². The fourth-order valence-electron chi connectivity index (χ4n) is 3.85. The quantitative estimate of drug-likeness (QED) is 0.606. The predicted octanol–water partition coefficient (Wildman–Crippen LogP) is 4.73. The highest BCUT2D eigenvalue weighted by atomic mass is 35.5. The highest BCUT2D eigenvalue weighted by Gasteiger charge is 2.47. The molecule has 9 heteroatoms. The van der Waals surface area contributed by atoms with E-state index in [9.17, 15) is 0 Å². The summed E-state index contributed by atoms with van der Waals surface area (Å²) in [4.78, 5) is 4.27. The molecule has 3 heterocycles. The molecular weight excluding hydrogens is 415 g/mol. The van der Waals surface area contributed by atoms with Gasteiger partial charge in [0.05, 0.1) is 35.2 Å². The minimum Gasteiger partial charge on any atom is -0.495 e. The SMILES string of the molecule is COc1cc(OC)c(Cl)c(-c2ccc3c([N+]45C=NC=C4OCC5)n[nH]c3c2)c1Cl. The molecule has 0 radical (unpaired) electrons. The van der Waals surface area contributed by atoms with Crippen LogP contribution in [0.4, 0.5) is 5.82 Å². The van der Waals surface area contributed by atoms with Gasteiger partial charge in [-0.1, -0.05) is 29.3 Å². The number of quaternary nitrogens is 1. The van der Waals surface area contributed by atoms with Crippen LogP contribution in [0.2, 0.25) is 10.0 Å². The maximum absolute atomic E-state index is 6.57. The summed E-state index contributed by atoms with van der Waals surface area (Å²) in [6.07, 6.45) is 3.59. The number of nitrogens with one attached hydrogen (secondary N) is 1. The van der Waals surface area contributed by atoms with Crippen molar-refractivity contribution in [3.63, 3.8) is 0 Å². The maximum atomic E-state index is 6.57. The van der Waals surface area contributed by atoms with E-state index >= 15 is 0 Å². The lowest BCUT2D eigenvalue weighted by molar-refractivity contribution is 0.255. The maximum Gasteiger partial charge on any atom is 0.323 e. The molecule has 5 rings (SSSR count). The number of aromatic amines is 1. The second-order valence-electron chi connectivity index (χ2n) is 6.76. The van der Waals surface area contributed by atoms with Crippen LogP contribution in [0.5, 0.6) is 11.5 Å². The molecule has 148 valence electrons. The molecule has 1 unspecified atom stereocenters. The number of ether oxygens (including phenoxy) is 3. The normalized spacial score (nSPS) is 19.9. The van der Waals surface area contributed by atoms with Crippen LogP contribution in [0.25, 0.3) is 22.0 Å². The van der Waals surface area contributed by atoms with Crippen LogP contribution < -0.4 is 14.0 Å². The van der Waals surface area contributed by atoms with Crippen molar-refractivity contribution in [2.75, 3.05) is 27.4 Å². The van der Waals surface area contributed by atoms with E-state index in [1.54, 1.807) is 26.5 Å². The summed E-state index contributed by atoms with van der Waals surface area (Å²) in [6, 6.07) is 7.59. The summed E-state index contributed by atoms with van der Waals surface area (Å²) in [5.74, 6) is 2.61. The summed E-state index contributed by atoms with van der Waals surface area (Å²) in [7, 11) is 3.11. The van der Waals surface area contributed by atoms with Crippen molar-refractivity contribution in [1.82, 2.24) is 14.7 Å². The van der Waals surface area contributed by atoms with Crippen molar-refractivity contribution >= 4 is 46.3 Å². The lowest BCUT2D eigenvalue weighted by atomic mass is 10.0. The molecule has 1 aromatic heterocycles. The molecule has 0 bridgehead atoms. The van der Waals surface area contributed by atoms with Crippen LogP contribution in [-0.4, -0.2) is 43.9 Å². The smallest absolute Gasteiger partial charge is 0.323 e. The number of fused-ring (bicyclic) bond motifs is 2. The highest BCUT2D eigenvalue weighted by molar-refractivity contribution is 6.41. The van der Waals surface area contributed by atoms with Gasteiger partial charge in [-0.25, -0.2) is 4.99 Å². The molecule has 1 saturated heterocycles. The van der Waals surface area contributed by atoms with Gasteiger partial charge in [-0.3, -0.25) is 5.10 Å². The van der Waals surface area contributed by atoms with Gasteiger partial charge in [0.1, 0.15) is 30.9 Å². The zero-order valence-corrected chi connectivity index (χ0v) is 17.2. The molecular formula is C20H17Cl2N4O3+. The topological polar surface area (TPSA) is 68.7 Å². The zero-order chi connectivity index (χ0) is 20.2. The van der Waals surface area contributed by atoms with E-state index in [-0.39, 0.29) is 0 Å². The van der Waals surface area contributed by atoms with E-state index < -0.39 is 0 Å². The Morgan fingerprint density at radius 2 is 1.86 bits per heavy atom. The fraction of sp³-hybridized carbons (Fsp3) is 0.200. The van der Waals surface area contributed by atoms with Crippen molar-refractivity contribution in [1.29, 1.82) is 0 Å². The molecule has 2 aliphatic heterocycles. The number of halogens is 2. The van der Waals surface area contributed by atoms with Crippen LogP contribution in [0.15, 0.2) is 41.3 Å². The molecule has 1 fully saturated rings. The Balaban J connectivity index is 1.67. The van der Waals surface area contributed by atoms with Gasteiger partial charge in [-0.05, 0) is 17.7 Å². The Hall–Kier alpha value is -2.74. The highest BCUT2D eigenvalue weighted by Crippen LogP contribution is 2.47. The standard InChI is InChI=1S/C20H17Cl2N4O3/c1-27-14-8-15(28-2)19(22)17(18(14)21)11-3-4-12-13(7-11)24-25-20(12)26-5-6-29-16(26)9-23-10-26/h3-4,7-10H,5-6H2,1-2H3,(H,24,25)/q+1. The molecule has 2 aliphatic rings. The molecule has 29 heavy (non-hydrogen) atoms. The van der Waals surface area contributed by atoms with Gasteiger partial charge < -0.3 is 14.2 Å². The Morgan fingerprint density at radius 3 is 2.59 bits per heavy atom. The summed E-state index contributed by atoms with van der Waals surface area (Å²) in [5.41, 5.74) is 2.32. The molecule has 1 atom stereocenters. The molecule has 0 amide bonds. The summed E-state index contributed by atoms with van der Waals surface area (Å²) >= 11 is 13.1. The molecule has 0 saturated carbocycles. The first-order valence-corrected chi connectivity index (χ1v) is 9.69. The number of H-pyrrole nitrogens is 1. The molecule has 7 nitrogen and oxygen atoms in total. The Labute approximate surface area is 176 Å². The van der Waals surface area contributed by atoms with Gasteiger partial charge in [-0.2, -0.15) is 4.48 Å². The van der Waals surface area contributed by atoms with Gasteiger partial charge >= 0.3 is 5.88 Å². The first-order chi connectivity index (χ1) is 14.1. The Bertz CT molecular complexity index is 1180. The number of nitrogens with zero attached hydrogens (tertiary/aromatic N) is 3. The third kappa shape index (κ3) is 2.55. The number of hydrogen-bond acceptors (Lipinski definition) is 5. The average molecular weight is 432 g/mol. The van der Waals surface area contributed by atoms with Gasteiger partial charge in [-0.15, -0.1) is 5.10 Å². The summed E-state index contributed by atoms with van der Waals surface area (Å²) in [5, 5.41) is 9.51. The van der Waals surface area contributed by atoms with Crippen LogP contribution in [0, 0.1) is 0 Å². The number of rotatable bonds is 4. The van der Waals surface area contributed by atoms with Crippen molar-refractivity contribution in [2.45, 2.75) is 0 Å². The first kappa shape index (κ1) is 18.3. The van der Waals surface area contributed by atoms with Crippen LogP contribution >= 0.6 is 23.2 Å². The summed E-state index contributed by atoms with van der Waals surface area (Å²) < 4.78 is 16.9. The molecule has 1 N–H and O–H groups in total. The minimum absolute atomic E-state index is 0.383. The third-order valence-electron chi connectivity index (χ3n) is 5.32. The van der Waals surface area contributed by atoms with Gasteiger partial charge in [0.15, 0.2) is 0 Å². The monoisotopic (exact) mass is 431 g/mol. The van der Waals surface area contributed by atoms with E-state index in [1.165, 1.54) is 0 Å². The third-order valence-corrected chi connectivity index (χ3v) is 6.07. The average Bonchev–Trinajstić information content (AvgIpc) is 3.41. The zero-order valence-electron chi connectivity index (χ0n) is 15.7. The molecule has 0 aliphatic carbocycles. The number of aliphatic imine (C=N–C) groups is 1. The second kappa shape index (κ2) is 6.66. The van der Waals surface area contributed by atoms with Gasteiger partial charge in [0.2, 0.25) is 6.34 Å². The molecule has 2 aromatic carbocycles. The van der Waals surface area contributed by atoms with Crippen molar-refractivity contribution in [3.05, 3.63) is 46.4 Å². The predicted molar refractivity (Wildman–Crippen MR) is 114 cm³/mol. The summed E-state index contributed by atoms with van der Waals surface area (Å²) in [6.45, 7) is 1.38. The number of aromatic nitrogens is 2.